The minimum Gasteiger partial charge on any atom is -0.385 e. The first kappa shape index (κ1) is 16.9. The van der Waals surface area contributed by atoms with Crippen molar-refractivity contribution in [3.8, 4) is 0 Å². The molecule has 114 valence electrons. The predicted molar refractivity (Wildman–Crippen MR) is 79.6 cm³/mol. The van der Waals surface area contributed by atoms with Gasteiger partial charge in [-0.15, -0.1) is 0 Å². The minimum atomic E-state index is 0.311. The van der Waals surface area contributed by atoms with Crippen LogP contribution in [0.25, 0.3) is 0 Å². The van der Waals surface area contributed by atoms with Gasteiger partial charge in [0.15, 0.2) is 0 Å². The van der Waals surface area contributed by atoms with E-state index < -0.39 is 0 Å². The number of piperidine rings is 1. The number of ether oxygens (including phenoxy) is 2. The molecule has 0 unspecified atom stereocenters. The molecule has 1 aliphatic heterocycles. The van der Waals surface area contributed by atoms with E-state index in [2.05, 4.69) is 24.5 Å². The summed E-state index contributed by atoms with van der Waals surface area (Å²) in [6, 6.07) is 0. The fourth-order valence-corrected chi connectivity index (χ4v) is 2.30. The molecule has 1 fully saturated rings. The Kier molecular flexibility index (Phi) is 8.62. The van der Waals surface area contributed by atoms with Gasteiger partial charge in [-0.25, -0.2) is 0 Å². The van der Waals surface area contributed by atoms with Crippen molar-refractivity contribution in [2.24, 2.45) is 5.41 Å². The van der Waals surface area contributed by atoms with Crippen LogP contribution in [-0.2, 0) is 9.47 Å². The smallest absolute Gasteiger partial charge is 0.0599 e. The molecule has 4 nitrogen and oxygen atoms in total. The van der Waals surface area contributed by atoms with Gasteiger partial charge in [-0.3, -0.25) is 0 Å². The zero-order chi connectivity index (χ0) is 14.0. The van der Waals surface area contributed by atoms with Gasteiger partial charge in [0.1, 0.15) is 0 Å². The van der Waals surface area contributed by atoms with Gasteiger partial charge < -0.3 is 20.1 Å². The van der Waals surface area contributed by atoms with Crippen LogP contribution in [0.3, 0.4) is 0 Å². The first-order valence-corrected chi connectivity index (χ1v) is 7.66. The van der Waals surface area contributed by atoms with Crippen LogP contribution in [0.15, 0.2) is 0 Å². The van der Waals surface area contributed by atoms with Gasteiger partial charge in [0.05, 0.1) is 6.10 Å². The summed E-state index contributed by atoms with van der Waals surface area (Å²) in [6.07, 6.45) is 5.01. The van der Waals surface area contributed by atoms with Gasteiger partial charge in [-0.2, -0.15) is 0 Å². The Labute approximate surface area is 118 Å². The Morgan fingerprint density at radius 2 is 1.95 bits per heavy atom. The van der Waals surface area contributed by atoms with Gasteiger partial charge in [0.25, 0.3) is 0 Å². The first-order chi connectivity index (χ1) is 9.14. The van der Waals surface area contributed by atoms with Crippen molar-refractivity contribution < 1.29 is 9.47 Å². The van der Waals surface area contributed by atoms with Crippen LogP contribution in [0.5, 0.6) is 0 Å². The van der Waals surface area contributed by atoms with E-state index in [1.165, 1.54) is 0 Å². The lowest BCUT2D eigenvalue weighted by molar-refractivity contribution is 0.0315. The molecule has 0 radical (unpaired) electrons. The fourth-order valence-electron chi connectivity index (χ4n) is 2.30. The SMILES string of the molecule is COCCC(C)(C)CNCCCOC1CCNCC1. The van der Waals surface area contributed by atoms with Crippen molar-refractivity contribution in [3.63, 3.8) is 0 Å². The van der Waals surface area contributed by atoms with Crippen LogP contribution in [0.2, 0.25) is 0 Å². The summed E-state index contributed by atoms with van der Waals surface area (Å²) >= 11 is 0. The molecule has 1 saturated heterocycles. The van der Waals surface area contributed by atoms with E-state index in [0.29, 0.717) is 11.5 Å². The predicted octanol–water partition coefficient (Wildman–Crippen LogP) is 1.80. The largest absolute Gasteiger partial charge is 0.385 e. The Morgan fingerprint density at radius 3 is 2.63 bits per heavy atom. The maximum atomic E-state index is 5.88. The van der Waals surface area contributed by atoms with E-state index in [-0.39, 0.29) is 0 Å². The number of rotatable bonds is 10. The Morgan fingerprint density at radius 1 is 1.21 bits per heavy atom. The zero-order valence-electron chi connectivity index (χ0n) is 13.0. The molecule has 1 heterocycles. The summed E-state index contributed by atoms with van der Waals surface area (Å²) in [6.45, 7) is 10.6. The first-order valence-electron chi connectivity index (χ1n) is 7.66. The molecule has 2 N–H and O–H groups in total. The lowest BCUT2D eigenvalue weighted by Gasteiger charge is -2.25. The number of methoxy groups -OCH3 is 1. The maximum Gasteiger partial charge on any atom is 0.0599 e. The zero-order valence-corrected chi connectivity index (χ0v) is 13.0. The van der Waals surface area contributed by atoms with Crippen molar-refractivity contribution in [1.29, 1.82) is 0 Å². The van der Waals surface area contributed by atoms with Crippen LogP contribution in [-0.4, -0.2) is 52.6 Å². The third-order valence-corrected chi connectivity index (χ3v) is 3.72. The lowest BCUT2D eigenvalue weighted by Crippen LogP contribution is -2.33. The summed E-state index contributed by atoms with van der Waals surface area (Å²) in [5.74, 6) is 0. The summed E-state index contributed by atoms with van der Waals surface area (Å²) in [5.41, 5.74) is 0.311. The topological polar surface area (TPSA) is 42.5 Å². The second-order valence-corrected chi connectivity index (χ2v) is 6.26. The van der Waals surface area contributed by atoms with Crippen LogP contribution < -0.4 is 10.6 Å². The highest BCUT2D eigenvalue weighted by molar-refractivity contribution is 4.71. The van der Waals surface area contributed by atoms with E-state index in [1.807, 2.05) is 0 Å². The second kappa shape index (κ2) is 9.70. The molecule has 0 aliphatic carbocycles. The lowest BCUT2D eigenvalue weighted by atomic mass is 9.90. The van der Waals surface area contributed by atoms with E-state index in [9.17, 15) is 0 Å². The molecular formula is C15H32N2O2. The quantitative estimate of drug-likeness (QED) is 0.595. The average molecular weight is 272 g/mol. The van der Waals surface area contributed by atoms with Crippen LogP contribution in [0.4, 0.5) is 0 Å². The van der Waals surface area contributed by atoms with Gasteiger partial charge in [-0.05, 0) is 50.7 Å². The van der Waals surface area contributed by atoms with Crippen molar-refractivity contribution in [2.75, 3.05) is 46.5 Å². The number of hydrogen-bond donors (Lipinski definition) is 2. The molecule has 0 saturated carbocycles. The Hall–Kier alpha value is -0.160. The molecule has 19 heavy (non-hydrogen) atoms. The van der Waals surface area contributed by atoms with Crippen molar-refractivity contribution in [3.05, 3.63) is 0 Å². The third kappa shape index (κ3) is 8.58. The Balaban J connectivity index is 1.92. The molecule has 1 aliphatic rings. The standard InChI is InChI=1S/C15H32N2O2/c1-15(2,7-12-18-3)13-17-8-4-11-19-14-5-9-16-10-6-14/h14,16-17H,4-13H2,1-3H3. The van der Waals surface area contributed by atoms with Gasteiger partial charge in [-0.1, -0.05) is 13.8 Å². The van der Waals surface area contributed by atoms with Gasteiger partial charge in [0, 0.05) is 26.9 Å². The molecule has 1 rings (SSSR count). The fraction of sp³-hybridized carbons (Fsp3) is 1.00. The Bertz CT molecular complexity index is 216. The molecule has 0 bridgehead atoms. The third-order valence-electron chi connectivity index (χ3n) is 3.72. The van der Waals surface area contributed by atoms with Crippen molar-refractivity contribution in [2.45, 2.75) is 45.6 Å². The van der Waals surface area contributed by atoms with E-state index >= 15 is 0 Å². The second-order valence-electron chi connectivity index (χ2n) is 6.26. The van der Waals surface area contributed by atoms with Crippen LogP contribution in [0.1, 0.15) is 39.5 Å². The molecule has 0 amide bonds. The van der Waals surface area contributed by atoms with E-state index in [4.69, 9.17) is 9.47 Å². The molecule has 0 atom stereocenters. The van der Waals surface area contributed by atoms with Crippen molar-refractivity contribution in [1.82, 2.24) is 10.6 Å². The van der Waals surface area contributed by atoms with E-state index in [1.54, 1.807) is 7.11 Å². The molecule has 0 spiro atoms. The molecular weight excluding hydrogens is 240 g/mol. The van der Waals surface area contributed by atoms with Crippen molar-refractivity contribution >= 4 is 0 Å². The highest BCUT2D eigenvalue weighted by Gasteiger charge is 2.16. The van der Waals surface area contributed by atoms with Gasteiger partial charge >= 0.3 is 0 Å². The summed E-state index contributed by atoms with van der Waals surface area (Å²) < 4.78 is 11.0. The molecule has 0 aromatic rings. The summed E-state index contributed by atoms with van der Waals surface area (Å²) in [7, 11) is 1.77. The van der Waals surface area contributed by atoms with Crippen LogP contribution >= 0.6 is 0 Å². The summed E-state index contributed by atoms with van der Waals surface area (Å²) in [5, 5.41) is 6.88. The highest BCUT2D eigenvalue weighted by atomic mass is 16.5. The molecule has 0 aromatic carbocycles. The number of hydrogen-bond acceptors (Lipinski definition) is 4. The number of nitrogens with one attached hydrogen (secondary N) is 2. The minimum absolute atomic E-state index is 0.311. The maximum absolute atomic E-state index is 5.88. The monoisotopic (exact) mass is 272 g/mol. The normalized spacial score (nSPS) is 17.8. The average Bonchev–Trinajstić information content (AvgIpc) is 2.42. The molecule has 0 aromatic heterocycles. The van der Waals surface area contributed by atoms with Gasteiger partial charge in [0.2, 0.25) is 0 Å². The highest BCUT2D eigenvalue weighted by Crippen LogP contribution is 2.18. The summed E-state index contributed by atoms with van der Waals surface area (Å²) in [4.78, 5) is 0. The van der Waals surface area contributed by atoms with Crippen LogP contribution in [0, 0.1) is 5.41 Å². The molecule has 4 heteroatoms. The van der Waals surface area contributed by atoms with E-state index in [0.717, 1.165) is 65.1 Å².